The average molecular weight is 323 g/mol. The Morgan fingerprint density at radius 1 is 1.22 bits per heavy atom. The van der Waals surface area contributed by atoms with Crippen LogP contribution in [0.2, 0.25) is 0 Å². The fourth-order valence-electron chi connectivity index (χ4n) is 1.90. The van der Waals surface area contributed by atoms with Crippen molar-refractivity contribution in [2.45, 2.75) is 26.7 Å². The number of thiophene rings is 1. The van der Waals surface area contributed by atoms with Crippen LogP contribution in [0.4, 0.5) is 0 Å². The molecule has 2 rings (SSSR count). The van der Waals surface area contributed by atoms with Crippen molar-refractivity contribution in [2.75, 3.05) is 0 Å². The van der Waals surface area contributed by atoms with Gasteiger partial charge in [0.2, 0.25) is 0 Å². The molecule has 0 atom stereocenters. The lowest BCUT2D eigenvalue weighted by Gasteiger charge is -2.06. The fraction of sp³-hybridized carbons (Fsp3) is 0.267. The van der Waals surface area contributed by atoms with Gasteiger partial charge in [-0.15, -0.1) is 11.3 Å². The summed E-state index contributed by atoms with van der Waals surface area (Å²) < 4.78 is 1.10. The molecule has 94 valence electrons. The summed E-state index contributed by atoms with van der Waals surface area (Å²) in [4.78, 5) is 13.7. The zero-order chi connectivity index (χ0) is 13.1. The second-order valence-corrected chi connectivity index (χ2v) is 6.10. The largest absolute Gasteiger partial charge is 0.293 e. The standard InChI is InChI=1S/C15H15BrOS/c1-3-10-9-11(16)5-6-12(10)14-7-8-15(18-14)13(17)4-2/h5-9H,3-4H2,1-2H3. The van der Waals surface area contributed by atoms with Crippen LogP contribution in [0, 0.1) is 0 Å². The number of rotatable bonds is 4. The number of carbonyl (C=O) groups excluding carboxylic acids is 1. The van der Waals surface area contributed by atoms with E-state index < -0.39 is 0 Å². The Balaban J connectivity index is 2.42. The van der Waals surface area contributed by atoms with Crippen LogP contribution in [0.15, 0.2) is 34.8 Å². The van der Waals surface area contributed by atoms with Gasteiger partial charge < -0.3 is 0 Å². The van der Waals surface area contributed by atoms with Crippen molar-refractivity contribution in [3.05, 3.63) is 45.2 Å². The Bertz CT molecular complexity index is 572. The summed E-state index contributed by atoms with van der Waals surface area (Å²) in [5, 5.41) is 0. The lowest BCUT2D eigenvalue weighted by molar-refractivity contribution is 0.0992. The molecule has 0 amide bonds. The summed E-state index contributed by atoms with van der Waals surface area (Å²) in [6.07, 6.45) is 1.56. The summed E-state index contributed by atoms with van der Waals surface area (Å²) in [7, 11) is 0. The molecule has 18 heavy (non-hydrogen) atoms. The molecule has 0 aliphatic rings. The van der Waals surface area contributed by atoms with Gasteiger partial charge in [-0.3, -0.25) is 4.79 Å². The van der Waals surface area contributed by atoms with Gasteiger partial charge in [-0.2, -0.15) is 0 Å². The molecule has 0 N–H and O–H groups in total. The molecular weight excluding hydrogens is 308 g/mol. The topological polar surface area (TPSA) is 17.1 Å². The number of hydrogen-bond donors (Lipinski definition) is 0. The number of hydrogen-bond acceptors (Lipinski definition) is 2. The van der Waals surface area contributed by atoms with E-state index in [9.17, 15) is 4.79 Å². The Morgan fingerprint density at radius 2 is 2.00 bits per heavy atom. The molecule has 0 fully saturated rings. The number of ketones is 1. The van der Waals surface area contributed by atoms with Gasteiger partial charge in [0, 0.05) is 15.8 Å². The van der Waals surface area contributed by atoms with Crippen LogP contribution in [0.25, 0.3) is 10.4 Å². The van der Waals surface area contributed by atoms with E-state index >= 15 is 0 Å². The Hall–Kier alpha value is -0.930. The highest BCUT2D eigenvalue weighted by atomic mass is 79.9. The zero-order valence-electron chi connectivity index (χ0n) is 10.5. The molecule has 0 spiro atoms. The molecule has 1 heterocycles. The number of benzene rings is 1. The molecule has 0 saturated heterocycles. The van der Waals surface area contributed by atoms with E-state index in [0.29, 0.717) is 6.42 Å². The van der Waals surface area contributed by atoms with E-state index in [4.69, 9.17) is 0 Å². The second kappa shape index (κ2) is 5.81. The van der Waals surface area contributed by atoms with Crippen LogP contribution < -0.4 is 0 Å². The first-order valence-corrected chi connectivity index (χ1v) is 7.68. The minimum atomic E-state index is 0.224. The second-order valence-electron chi connectivity index (χ2n) is 4.10. The van der Waals surface area contributed by atoms with Gasteiger partial charge in [-0.05, 0) is 41.8 Å². The highest BCUT2D eigenvalue weighted by Crippen LogP contribution is 2.33. The first kappa shape index (κ1) is 13.5. The summed E-state index contributed by atoms with van der Waals surface area (Å²) in [5.41, 5.74) is 2.54. The quantitative estimate of drug-likeness (QED) is 0.695. The van der Waals surface area contributed by atoms with Gasteiger partial charge in [0.1, 0.15) is 0 Å². The van der Waals surface area contributed by atoms with Crippen molar-refractivity contribution >= 4 is 33.0 Å². The third kappa shape index (κ3) is 2.73. The van der Waals surface area contributed by atoms with Crippen LogP contribution in [-0.4, -0.2) is 5.78 Å². The summed E-state index contributed by atoms with van der Waals surface area (Å²) in [6.45, 7) is 4.05. The van der Waals surface area contributed by atoms with E-state index in [-0.39, 0.29) is 5.78 Å². The van der Waals surface area contributed by atoms with Crippen molar-refractivity contribution in [3.8, 4) is 10.4 Å². The van der Waals surface area contributed by atoms with Crippen molar-refractivity contribution in [2.24, 2.45) is 0 Å². The van der Waals surface area contributed by atoms with Gasteiger partial charge in [-0.1, -0.05) is 35.8 Å². The van der Waals surface area contributed by atoms with Gasteiger partial charge >= 0.3 is 0 Å². The van der Waals surface area contributed by atoms with Crippen molar-refractivity contribution < 1.29 is 4.79 Å². The predicted octanol–water partition coefficient (Wildman–Crippen LogP) is 5.33. The van der Waals surface area contributed by atoms with Crippen LogP contribution >= 0.6 is 27.3 Å². The number of halogens is 1. The van der Waals surface area contributed by atoms with Crippen LogP contribution in [0.5, 0.6) is 0 Å². The SMILES string of the molecule is CCC(=O)c1ccc(-c2ccc(Br)cc2CC)s1. The molecule has 1 aromatic heterocycles. The highest BCUT2D eigenvalue weighted by Gasteiger charge is 2.10. The monoisotopic (exact) mass is 322 g/mol. The fourth-order valence-corrected chi connectivity index (χ4v) is 3.39. The lowest BCUT2D eigenvalue weighted by Crippen LogP contribution is -1.90. The van der Waals surface area contributed by atoms with E-state index in [1.54, 1.807) is 11.3 Å². The minimum absolute atomic E-state index is 0.224. The number of Topliss-reactive ketones (excluding diaryl/α,β-unsaturated/α-hetero) is 1. The molecule has 0 bridgehead atoms. The van der Waals surface area contributed by atoms with Crippen LogP contribution in [0.3, 0.4) is 0 Å². The van der Waals surface area contributed by atoms with E-state index in [0.717, 1.165) is 15.8 Å². The van der Waals surface area contributed by atoms with Crippen LogP contribution in [0.1, 0.15) is 35.5 Å². The van der Waals surface area contributed by atoms with E-state index in [1.807, 2.05) is 13.0 Å². The molecular formula is C15H15BrOS. The minimum Gasteiger partial charge on any atom is -0.293 e. The summed E-state index contributed by atoms with van der Waals surface area (Å²) in [5.74, 6) is 0.224. The molecule has 0 unspecified atom stereocenters. The van der Waals surface area contributed by atoms with Gasteiger partial charge in [0.15, 0.2) is 5.78 Å². The normalized spacial score (nSPS) is 10.6. The molecule has 0 saturated carbocycles. The highest BCUT2D eigenvalue weighted by molar-refractivity contribution is 9.10. The van der Waals surface area contributed by atoms with Crippen molar-refractivity contribution in [1.29, 1.82) is 0 Å². The van der Waals surface area contributed by atoms with Crippen LogP contribution in [-0.2, 0) is 6.42 Å². The molecule has 0 aliphatic heterocycles. The van der Waals surface area contributed by atoms with Gasteiger partial charge in [0.25, 0.3) is 0 Å². The van der Waals surface area contributed by atoms with Crippen molar-refractivity contribution in [3.63, 3.8) is 0 Å². The summed E-state index contributed by atoms with van der Waals surface area (Å²) >= 11 is 5.09. The maximum atomic E-state index is 11.7. The molecule has 0 aliphatic carbocycles. The third-order valence-corrected chi connectivity index (χ3v) is 4.57. The maximum absolute atomic E-state index is 11.7. The smallest absolute Gasteiger partial charge is 0.172 e. The van der Waals surface area contributed by atoms with E-state index in [2.05, 4.69) is 47.1 Å². The molecule has 0 radical (unpaired) electrons. The molecule has 2 aromatic rings. The maximum Gasteiger partial charge on any atom is 0.172 e. The number of carbonyl (C=O) groups is 1. The average Bonchev–Trinajstić information content (AvgIpc) is 2.87. The van der Waals surface area contributed by atoms with Gasteiger partial charge in [-0.25, -0.2) is 0 Å². The predicted molar refractivity (Wildman–Crippen MR) is 81.5 cm³/mol. The lowest BCUT2D eigenvalue weighted by atomic mass is 10.0. The third-order valence-electron chi connectivity index (χ3n) is 2.92. The Kier molecular flexibility index (Phi) is 4.36. The van der Waals surface area contributed by atoms with E-state index in [1.165, 1.54) is 16.0 Å². The zero-order valence-corrected chi connectivity index (χ0v) is 12.9. The Morgan fingerprint density at radius 3 is 2.67 bits per heavy atom. The molecule has 3 heteroatoms. The molecule has 1 aromatic carbocycles. The van der Waals surface area contributed by atoms with Crippen molar-refractivity contribution in [1.82, 2.24) is 0 Å². The first-order chi connectivity index (χ1) is 8.65. The number of aryl methyl sites for hydroxylation is 1. The summed E-state index contributed by atoms with van der Waals surface area (Å²) in [6, 6.07) is 10.3. The Labute approximate surface area is 120 Å². The van der Waals surface area contributed by atoms with Gasteiger partial charge in [0.05, 0.1) is 4.88 Å². The molecule has 1 nitrogen and oxygen atoms in total. The first-order valence-electron chi connectivity index (χ1n) is 6.07.